The number of anilines is 1. The average molecular weight is 582 g/mol. The van der Waals surface area contributed by atoms with Gasteiger partial charge in [0.15, 0.2) is 16.2 Å². The molecule has 3 aliphatic rings. The Labute approximate surface area is 233 Å². The molecule has 2 unspecified atom stereocenters. The molecule has 4 heterocycles. The Kier molecular flexibility index (Phi) is 6.40. The van der Waals surface area contributed by atoms with E-state index in [1.807, 2.05) is 0 Å². The summed E-state index contributed by atoms with van der Waals surface area (Å²) in [6, 6.07) is 4.05. The number of aryl methyl sites for hydroxylation is 1. The Morgan fingerprint density at radius 1 is 1.27 bits per heavy atom. The molecule has 2 aliphatic heterocycles. The fraction of sp³-hybridized carbons (Fsp3) is 0.250. The Hall–Kier alpha value is -4.52. The number of hydrogen-bond donors (Lipinski definition) is 2. The lowest BCUT2D eigenvalue weighted by molar-refractivity contribution is -0.125. The highest BCUT2D eigenvalue weighted by molar-refractivity contribution is 7.91. The minimum absolute atomic E-state index is 0.0271. The van der Waals surface area contributed by atoms with Gasteiger partial charge < -0.3 is 24.5 Å². The zero-order chi connectivity index (χ0) is 29.1. The number of hydrogen-bond acceptors (Lipinski definition) is 8. The maximum absolute atomic E-state index is 15.2. The largest absolute Gasteiger partial charge is 0.451 e. The SMILES string of the molecule is Cn1ccc2c(c1=O)C1=C3C(=CN(c4ccc(F)cc4F)C3C(C(=O)NCc3cocn3)CN1)C=C2CS(C)(=O)=O. The summed E-state index contributed by atoms with van der Waals surface area (Å²) < 4.78 is 60.3. The summed E-state index contributed by atoms with van der Waals surface area (Å²) in [6.45, 7) is 0.172. The Bertz CT molecular complexity index is 1840. The number of amides is 1. The molecule has 2 N–H and O–H groups in total. The van der Waals surface area contributed by atoms with Gasteiger partial charge in [-0.1, -0.05) is 0 Å². The molecule has 41 heavy (non-hydrogen) atoms. The van der Waals surface area contributed by atoms with Crippen LogP contribution in [0.15, 0.2) is 75.8 Å². The standard InChI is InChI=1S/C28H25F2N5O5S/c1-34-6-5-19-16(13-41(2,38)39)7-15-11-35(22-4-3-17(29)8-21(22)30)26-20(27(36)32-9-18-12-40-14-33-18)10-31-25(23(15)26)24(19)28(34)37/h3-8,11-12,14,20,26,31H,9-10,13H2,1-2H3,(H,32,36). The minimum Gasteiger partial charge on any atom is -0.451 e. The third-order valence-electron chi connectivity index (χ3n) is 7.40. The fourth-order valence-electron chi connectivity index (χ4n) is 5.64. The number of carbonyl (C=O) groups is 1. The highest BCUT2D eigenvalue weighted by Crippen LogP contribution is 2.46. The molecule has 0 radical (unpaired) electrons. The van der Waals surface area contributed by atoms with Gasteiger partial charge in [-0.15, -0.1) is 0 Å². The van der Waals surface area contributed by atoms with Crippen LogP contribution in [-0.4, -0.2) is 48.5 Å². The number of nitrogens with one attached hydrogen (secondary N) is 2. The van der Waals surface area contributed by atoms with Crippen LogP contribution in [0.1, 0.15) is 16.8 Å². The molecule has 212 valence electrons. The number of rotatable bonds is 6. The molecule has 0 saturated carbocycles. The van der Waals surface area contributed by atoms with Crippen molar-refractivity contribution in [1.82, 2.24) is 20.2 Å². The van der Waals surface area contributed by atoms with Crippen molar-refractivity contribution in [3.63, 3.8) is 0 Å². The predicted molar refractivity (Wildman–Crippen MR) is 147 cm³/mol. The topological polar surface area (TPSA) is 127 Å². The Balaban J connectivity index is 1.55. The lowest BCUT2D eigenvalue weighted by atomic mass is 9.84. The van der Waals surface area contributed by atoms with Crippen LogP contribution in [-0.2, 0) is 28.2 Å². The number of oxazole rings is 1. The van der Waals surface area contributed by atoms with E-state index in [2.05, 4.69) is 15.6 Å². The molecule has 6 rings (SSSR count). The van der Waals surface area contributed by atoms with Gasteiger partial charge in [0.1, 0.15) is 17.9 Å². The minimum atomic E-state index is -3.52. The molecule has 10 nitrogen and oxygen atoms in total. The van der Waals surface area contributed by atoms with Crippen LogP contribution >= 0.6 is 0 Å². The van der Waals surface area contributed by atoms with Crippen molar-refractivity contribution in [3.8, 4) is 0 Å². The van der Waals surface area contributed by atoms with Gasteiger partial charge in [-0.05, 0) is 41.0 Å². The molecule has 2 atom stereocenters. The Morgan fingerprint density at radius 3 is 2.78 bits per heavy atom. The zero-order valence-corrected chi connectivity index (χ0v) is 22.8. The van der Waals surface area contributed by atoms with E-state index in [9.17, 15) is 22.4 Å². The van der Waals surface area contributed by atoms with Gasteiger partial charge in [0.05, 0.1) is 46.9 Å². The van der Waals surface area contributed by atoms with Crippen molar-refractivity contribution < 1.29 is 26.4 Å². The lowest BCUT2D eigenvalue weighted by Gasteiger charge is -2.38. The first kappa shape index (κ1) is 26.7. The number of fused-ring (bicyclic) bond motifs is 2. The molecule has 1 amide bonds. The van der Waals surface area contributed by atoms with Crippen molar-refractivity contribution in [2.45, 2.75) is 12.6 Å². The van der Waals surface area contributed by atoms with E-state index in [4.69, 9.17) is 4.42 Å². The maximum Gasteiger partial charge on any atom is 0.260 e. The van der Waals surface area contributed by atoms with Gasteiger partial charge in [0.25, 0.3) is 5.56 Å². The second-order valence-electron chi connectivity index (χ2n) is 10.3. The van der Waals surface area contributed by atoms with Crippen molar-refractivity contribution in [3.05, 3.63) is 105 Å². The van der Waals surface area contributed by atoms with Crippen LogP contribution in [0, 0.1) is 17.6 Å². The molecule has 2 aromatic heterocycles. The zero-order valence-electron chi connectivity index (χ0n) is 22.0. The van der Waals surface area contributed by atoms with Crippen LogP contribution in [0.5, 0.6) is 0 Å². The quantitative estimate of drug-likeness (QED) is 0.454. The predicted octanol–water partition coefficient (Wildman–Crippen LogP) is 2.11. The van der Waals surface area contributed by atoms with Crippen molar-refractivity contribution in [2.75, 3.05) is 23.5 Å². The summed E-state index contributed by atoms with van der Waals surface area (Å²) in [4.78, 5) is 32.7. The number of benzene rings is 1. The van der Waals surface area contributed by atoms with Crippen LogP contribution in [0.25, 0.3) is 11.3 Å². The van der Waals surface area contributed by atoms with Crippen molar-refractivity contribution >= 4 is 32.7 Å². The van der Waals surface area contributed by atoms with Gasteiger partial charge >= 0.3 is 0 Å². The first-order valence-corrected chi connectivity index (χ1v) is 14.7. The van der Waals surface area contributed by atoms with Crippen LogP contribution < -0.4 is 21.1 Å². The normalized spacial score (nSPS) is 19.6. The van der Waals surface area contributed by atoms with Gasteiger partial charge in [0, 0.05) is 43.9 Å². The first-order chi connectivity index (χ1) is 19.5. The van der Waals surface area contributed by atoms with Crippen molar-refractivity contribution in [2.24, 2.45) is 13.0 Å². The molecule has 0 spiro atoms. The van der Waals surface area contributed by atoms with Gasteiger partial charge in [-0.25, -0.2) is 22.2 Å². The first-order valence-electron chi connectivity index (χ1n) is 12.7. The summed E-state index contributed by atoms with van der Waals surface area (Å²) in [5.74, 6) is -3.10. The molecular formula is C28H25F2N5O5S. The Morgan fingerprint density at radius 2 is 2.07 bits per heavy atom. The highest BCUT2D eigenvalue weighted by atomic mass is 32.2. The molecule has 3 aromatic rings. The summed E-state index contributed by atoms with van der Waals surface area (Å²) in [5.41, 5.74) is 2.75. The second-order valence-corrected chi connectivity index (χ2v) is 12.4. The van der Waals surface area contributed by atoms with Crippen LogP contribution in [0.3, 0.4) is 0 Å². The summed E-state index contributed by atoms with van der Waals surface area (Å²) in [6.07, 6.45) is 8.59. The third kappa shape index (κ3) is 4.75. The molecule has 1 aliphatic carbocycles. The van der Waals surface area contributed by atoms with Crippen molar-refractivity contribution in [1.29, 1.82) is 0 Å². The van der Waals surface area contributed by atoms with Crippen LogP contribution in [0.4, 0.5) is 14.5 Å². The third-order valence-corrected chi connectivity index (χ3v) is 8.23. The number of allylic oxidation sites excluding steroid dienone is 1. The van der Waals surface area contributed by atoms with E-state index in [0.717, 1.165) is 18.4 Å². The number of pyridine rings is 1. The molecule has 0 fully saturated rings. The number of carbonyl (C=O) groups excluding carboxylic acids is 1. The van der Waals surface area contributed by atoms with E-state index < -0.39 is 33.4 Å². The van der Waals surface area contributed by atoms with Crippen LogP contribution in [0.2, 0.25) is 0 Å². The highest BCUT2D eigenvalue weighted by Gasteiger charge is 2.46. The van der Waals surface area contributed by atoms with E-state index in [0.29, 0.717) is 33.7 Å². The number of halogens is 2. The van der Waals surface area contributed by atoms with E-state index in [1.165, 1.54) is 23.3 Å². The maximum atomic E-state index is 15.2. The second kappa shape index (κ2) is 9.84. The van der Waals surface area contributed by atoms with E-state index >= 15 is 4.39 Å². The number of nitrogens with zero attached hydrogens (tertiary/aromatic N) is 3. The summed E-state index contributed by atoms with van der Waals surface area (Å²) in [7, 11) is -1.93. The van der Waals surface area contributed by atoms with Gasteiger partial charge in [-0.2, -0.15) is 0 Å². The monoisotopic (exact) mass is 581 g/mol. The lowest BCUT2D eigenvalue weighted by Crippen LogP contribution is -2.52. The summed E-state index contributed by atoms with van der Waals surface area (Å²) in [5, 5.41) is 6.09. The molecular weight excluding hydrogens is 556 g/mol. The van der Waals surface area contributed by atoms with E-state index in [1.54, 1.807) is 36.5 Å². The molecule has 1 aromatic carbocycles. The molecule has 0 bridgehead atoms. The fourth-order valence-corrected chi connectivity index (χ4v) is 6.44. The molecule has 0 saturated heterocycles. The number of aromatic nitrogens is 2. The smallest absolute Gasteiger partial charge is 0.260 e. The average Bonchev–Trinajstić information content (AvgIpc) is 3.53. The summed E-state index contributed by atoms with van der Waals surface area (Å²) >= 11 is 0. The molecule has 13 heteroatoms. The van der Waals surface area contributed by atoms with E-state index in [-0.39, 0.29) is 41.6 Å². The van der Waals surface area contributed by atoms with Gasteiger partial charge in [0.2, 0.25) is 5.91 Å². The number of sulfone groups is 1. The van der Waals surface area contributed by atoms with Gasteiger partial charge in [-0.3, -0.25) is 9.59 Å².